The lowest BCUT2D eigenvalue weighted by atomic mass is 9.54. The van der Waals surface area contributed by atoms with E-state index in [1.807, 2.05) is 108 Å². The van der Waals surface area contributed by atoms with Crippen LogP contribution in [0.1, 0.15) is 69.4 Å². The number of amides is 1. The zero-order chi connectivity index (χ0) is 44.7. The van der Waals surface area contributed by atoms with Gasteiger partial charge >= 0.3 is 0 Å². The average molecular weight is 871 g/mol. The van der Waals surface area contributed by atoms with E-state index in [0.717, 1.165) is 70.5 Å². The van der Waals surface area contributed by atoms with Crippen molar-refractivity contribution in [2.75, 3.05) is 26.2 Å². The summed E-state index contributed by atoms with van der Waals surface area (Å²) in [6.07, 6.45) is 10.9. The molecule has 2 saturated carbocycles. The van der Waals surface area contributed by atoms with Crippen LogP contribution in [0.25, 0.3) is 34.0 Å². The number of piperidine rings is 2. The minimum Gasteiger partial charge on any atom is -0.339 e. The Morgan fingerprint density at radius 3 is 1.26 bits per heavy atom. The largest absolute Gasteiger partial charge is 0.339 e. The standard InChI is InChI=1S/C31H23N3O2.C24H19N3O.ClH/c1-33-26-13-11-23(12-14-26)20-28-29(35)27(19-22-7-9-24(21-32)10-8-22)31(28)15-17-34(18-16-31)30(36)25-5-3-2-4-6-25;1-26-20-8-6-18(7-9-20)15-22-23(28)21(24(22)10-12-27-13-11-24)14-17-2-4-19(16-25)5-3-17;/h2-14,19-20H,15-18H2;2-9,14-15,27H,10-13H2;1H/b27-19-,28-20-;21-14-,22-15-;. The van der Waals surface area contributed by atoms with Crippen molar-refractivity contribution >= 4 is 65.6 Å². The quantitative estimate of drug-likeness (QED) is 0.139. The highest BCUT2D eigenvalue weighted by Gasteiger charge is 2.55. The number of nitriles is 2. The number of ketones is 2. The summed E-state index contributed by atoms with van der Waals surface area (Å²) < 4.78 is 0. The number of carbonyl (C=O) groups is 3. The monoisotopic (exact) mass is 870 g/mol. The summed E-state index contributed by atoms with van der Waals surface area (Å²) in [5.74, 6) is 0.117. The summed E-state index contributed by atoms with van der Waals surface area (Å²) in [7, 11) is 0. The first kappa shape index (κ1) is 45.1. The van der Waals surface area contributed by atoms with Crippen molar-refractivity contribution in [3.63, 3.8) is 0 Å². The van der Waals surface area contributed by atoms with Gasteiger partial charge in [-0.05, 0) is 122 Å². The van der Waals surface area contributed by atoms with Gasteiger partial charge in [0.05, 0.1) is 36.4 Å². The summed E-state index contributed by atoms with van der Waals surface area (Å²) in [4.78, 5) is 48.2. The second-order valence-corrected chi connectivity index (χ2v) is 16.3. The number of hydrogen-bond acceptors (Lipinski definition) is 6. The van der Waals surface area contributed by atoms with E-state index in [4.69, 9.17) is 23.7 Å². The van der Waals surface area contributed by atoms with Crippen molar-refractivity contribution in [1.29, 1.82) is 10.5 Å². The van der Waals surface area contributed by atoms with Crippen molar-refractivity contribution < 1.29 is 14.4 Å². The minimum atomic E-state index is -0.434. The van der Waals surface area contributed by atoms with E-state index in [1.165, 1.54) is 0 Å². The van der Waals surface area contributed by atoms with Crippen LogP contribution in [0.4, 0.5) is 11.4 Å². The molecule has 4 aliphatic rings. The number of allylic oxidation sites excluding steroid dienone is 4. The normalized spacial score (nSPS) is 19.1. The summed E-state index contributed by atoms with van der Waals surface area (Å²) >= 11 is 0. The lowest BCUT2D eigenvalue weighted by Gasteiger charge is -2.50. The molecule has 2 aliphatic carbocycles. The fourth-order valence-electron chi connectivity index (χ4n) is 9.19. The Labute approximate surface area is 385 Å². The van der Waals surface area contributed by atoms with Crippen LogP contribution in [0, 0.1) is 46.6 Å². The molecule has 318 valence electrons. The fourth-order valence-corrected chi connectivity index (χ4v) is 9.19. The maximum absolute atomic E-state index is 13.4. The predicted molar refractivity (Wildman–Crippen MR) is 255 cm³/mol. The zero-order valence-electron chi connectivity index (χ0n) is 35.5. The maximum Gasteiger partial charge on any atom is 0.253 e. The molecule has 2 saturated heterocycles. The van der Waals surface area contributed by atoms with Crippen LogP contribution in [-0.2, 0) is 9.59 Å². The van der Waals surface area contributed by atoms with Gasteiger partial charge in [0.2, 0.25) is 0 Å². The molecule has 0 aromatic heterocycles. The van der Waals surface area contributed by atoms with E-state index < -0.39 is 5.41 Å². The van der Waals surface area contributed by atoms with Crippen LogP contribution in [-0.4, -0.2) is 48.6 Å². The van der Waals surface area contributed by atoms with Crippen LogP contribution >= 0.6 is 12.4 Å². The number of hydrogen-bond donors (Lipinski definition) is 1. The Hall–Kier alpha value is -7.92. The molecular formula is C55H43ClN6O3. The SMILES string of the molecule is Cl.[C-]#[N+]c1ccc(/C=C2/C(=O)/C(=C/c3ccc(C#N)cc3)C23CCN(C(=O)c2ccccc2)CC3)cc1.[C-]#[N+]c1ccc(/C=C2/C(=O)/C(=C/c3ccc(C#N)cc3)C23CCNCC3)cc1. The number of rotatable bonds is 5. The topological polar surface area (TPSA) is 123 Å². The van der Waals surface area contributed by atoms with Gasteiger partial charge in [-0.15, -0.1) is 12.4 Å². The highest BCUT2D eigenvalue weighted by Crippen LogP contribution is 2.57. The molecule has 0 bridgehead atoms. The first-order valence-electron chi connectivity index (χ1n) is 21.2. The second kappa shape index (κ2) is 19.6. The Morgan fingerprint density at radius 2 is 0.908 bits per heavy atom. The minimum absolute atomic E-state index is 0. The van der Waals surface area contributed by atoms with E-state index in [1.54, 1.807) is 48.5 Å². The molecule has 9 rings (SSSR count). The van der Waals surface area contributed by atoms with Gasteiger partial charge in [0, 0.05) is 51.8 Å². The second-order valence-electron chi connectivity index (χ2n) is 16.3. The third-order valence-corrected chi connectivity index (χ3v) is 12.8. The van der Waals surface area contributed by atoms with Gasteiger partial charge in [-0.25, -0.2) is 9.69 Å². The van der Waals surface area contributed by atoms with Gasteiger partial charge in [0.25, 0.3) is 5.91 Å². The van der Waals surface area contributed by atoms with Gasteiger partial charge in [-0.2, -0.15) is 10.5 Å². The van der Waals surface area contributed by atoms with Crippen molar-refractivity contribution in [2.45, 2.75) is 25.7 Å². The Balaban J connectivity index is 0.000000197. The van der Waals surface area contributed by atoms with Crippen molar-refractivity contribution in [3.05, 3.63) is 211 Å². The molecule has 2 aliphatic heterocycles. The Bertz CT molecular complexity index is 2770. The molecule has 5 aromatic carbocycles. The molecule has 65 heavy (non-hydrogen) atoms. The molecule has 10 heteroatoms. The highest BCUT2D eigenvalue weighted by molar-refractivity contribution is 6.24. The van der Waals surface area contributed by atoms with E-state index in [-0.39, 0.29) is 35.3 Å². The summed E-state index contributed by atoms with van der Waals surface area (Å²) in [6.45, 7) is 17.1. The molecule has 2 heterocycles. The molecular weight excluding hydrogens is 828 g/mol. The number of nitrogens with one attached hydrogen (secondary N) is 1. The summed E-state index contributed by atoms with van der Waals surface area (Å²) in [5, 5.41) is 21.4. The number of nitrogens with zero attached hydrogens (tertiary/aromatic N) is 5. The number of benzene rings is 5. The fraction of sp³-hybridized carbons (Fsp3) is 0.182. The molecule has 4 fully saturated rings. The molecule has 1 N–H and O–H groups in total. The first-order chi connectivity index (χ1) is 31.2. The van der Waals surface area contributed by atoms with E-state index in [2.05, 4.69) is 27.1 Å². The summed E-state index contributed by atoms with van der Waals surface area (Å²) in [5.41, 5.74) is 9.25. The molecule has 2 spiro atoms. The van der Waals surface area contributed by atoms with Gasteiger partial charge in [-0.1, -0.05) is 91.0 Å². The Morgan fingerprint density at radius 1 is 0.554 bits per heavy atom. The van der Waals surface area contributed by atoms with Gasteiger partial charge in [0.1, 0.15) is 0 Å². The first-order valence-corrected chi connectivity index (χ1v) is 21.2. The van der Waals surface area contributed by atoms with Gasteiger partial charge in [0.15, 0.2) is 22.9 Å². The van der Waals surface area contributed by atoms with Crippen molar-refractivity contribution in [2.24, 2.45) is 10.8 Å². The third-order valence-electron chi connectivity index (χ3n) is 12.8. The van der Waals surface area contributed by atoms with Gasteiger partial charge in [-0.3, -0.25) is 14.4 Å². The van der Waals surface area contributed by atoms with Crippen LogP contribution in [0.3, 0.4) is 0 Å². The Kier molecular flexibility index (Phi) is 13.6. The number of halogens is 1. The van der Waals surface area contributed by atoms with E-state index in [9.17, 15) is 14.4 Å². The molecule has 1 amide bonds. The highest BCUT2D eigenvalue weighted by atomic mass is 35.5. The number of Topliss-reactive ketones (excluding diaryl/α,β-unsaturated/α-hetero) is 2. The predicted octanol–water partition coefficient (Wildman–Crippen LogP) is 11.0. The van der Waals surface area contributed by atoms with Crippen LogP contribution in [0.5, 0.6) is 0 Å². The van der Waals surface area contributed by atoms with Crippen molar-refractivity contribution in [1.82, 2.24) is 10.2 Å². The zero-order valence-corrected chi connectivity index (χ0v) is 36.3. The van der Waals surface area contributed by atoms with Crippen LogP contribution < -0.4 is 5.32 Å². The number of carbonyl (C=O) groups excluding carboxylic acids is 3. The summed E-state index contributed by atoms with van der Waals surface area (Å²) in [6, 6.07) is 42.6. The van der Waals surface area contributed by atoms with Crippen LogP contribution in [0.2, 0.25) is 0 Å². The van der Waals surface area contributed by atoms with E-state index >= 15 is 0 Å². The number of likely N-dealkylation sites (tertiary alicyclic amines) is 1. The smallest absolute Gasteiger partial charge is 0.253 e. The molecule has 5 aromatic rings. The molecule has 0 unspecified atom stereocenters. The van der Waals surface area contributed by atoms with Gasteiger partial charge < -0.3 is 10.2 Å². The van der Waals surface area contributed by atoms with E-state index in [0.29, 0.717) is 54.0 Å². The molecule has 0 radical (unpaired) electrons. The van der Waals surface area contributed by atoms with Crippen molar-refractivity contribution in [3.8, 4) is 12.1 Å². The van der Waals surface area contributed by atoms with Crippen LogP contribution in [0.15, 0.2) is 150 Å². The third kappa shape index (κ3) is 9.12. The lowest BCUT2D eigenvalue weighted by Crippen LogP contribution is -2.52. The molecule has 0 atom stereocenters. The lowest BCUT2D eigenvalue weighted by molar-refractivity contribution is -0.119. The molecule has 9 nitrogen and oxygen atoms in total. The average Bonchev–Trinajstić information content (AvgIpc) is 3.37. The maximum atomic E-state index is 13.4.